The lowest BCUT2D eigenvalue weighted by atomic mass is 10.1. The van der Waals surface area contributed by atoms with Gasteiger partial charge in [-0.25, -0.2) is 9.79 Å². The van der Waals surface area contributed by atoms with Crippen molar-refractivity contribution in [3.63, 3.8) is 0 Å². The minimum absolute atomic E-state index is 0.202. The Morgan fingerprint density at radius 1 is 1.22 bits per heavy atom. The van der Waals surface area contributed by atoms with Gasteiger partial charge in [0, 0.05) is 10.9 Å². The Kier molecular flexibility index (Phi) is 2.39. The number of aliphatic imine (C=N–C) groups is 1. The summed E-state index contributed by atoms with van der Waals surface area (Å²) >= 11 is 0. The molecule has 3 rings (SSSR count). The third-order valence-corrected chi connectivity index (χ3v) is 2.89. The maximum atomic E-state index is 10.3. The number of nitrogens with zero attached hydrogens (tertiary/aromatic N) is 1. The zero-order chi connectivity index (χ0) is 12.5. The lowest BCUT2D eigenvalue weighted by Crippen LogP contribution is -1.89. The number of benzene rings is 1. The fraction of sp³-hybridized carbons (Fsp3) is 0.154. The van der Waals surface area contributed by atoms with Gasteiger partial charge in [-0.15, -0.1) is 0 Å². The Morgan fingerprint density at radius 3 is 2.67 bits per heavy atom. The molecule has 0 aliphatic rings. The van der Waals surface area contributed by atoms with E-state index in [1.54, 1.807) is 31.8 Å². The molecule has 0 unspecified atom stereocenters. The summed E-state index contributed by atoms with van der Waals surface area (Å²) in [7, 11) is 1.58. The molecule has 3 aromatic rings. The second-order valence-corrected chi connectivity index (χ2v) is 3.75. The fourth-order valence-electron chi connectivity index (χ4n) is 2.16. The highest BCUT2D eigenvalue weighted by molar-refractivity contribution is 6.04. The summed E-state index contributed by atoms with van der Waals surface area (Å²) < 4.78 is 16.2. The number of methoxy groups -OCH3 is 1. The van der Waals surface area contributed by atoms with Gasteiger partial charge in [-0.05, 0) is 12.1 Å². The summed E-state index contributed by atoms with van der Waals surface area (Å²) in [4.78, 5) is 13.9. The summed E-state index contributed by atoms with van der Waals surface area (Å²) in [5.74, 6) is 0.623. The monoisotopic (exact) mass is 243 g/mol. The number of ether oxygens (including phenoxy) is 1. The molecule has 18 heavy (non-hydrogen) atoms. The summed E-state index contributed by atoms with van der Waals surface area (Å²) in [6, 6.07) is 3.60. The van der Waals surface area contributed by atoms with E-state index in [4.69, 9.17) is 13.6 Å². The van der Waals surface area contributed by atoms with Gasteiger partial charge in [0.25, 0.3) is 0 Å². The molecule has 5 nitrogen and oxygen atoms in total. The zero-order valence-corrected chi connectivity index (χ0v) is 9.60. The zero-order valence-electron chi connectivity index (χ0n) is 9.60. The Morgan fingerprint density at radius 2 is 1.94 bits per heavy atom. The van der Waals surface area contributed by atoms with Crippen molar-refractivity contribution in [2.75, 3.05) is 7.11 Å². The van der Waals surface area contributed by atoms with E-state index in [0.29, 0.717) is 16.9 Å². The molecule has 0 bridgehead atoms. The molecule has 90 valence electrons. The van der Waals surface area contributed by atoms with Gasteiger partial charge in [0.2, 0.25) is 6.08 Å². The van der Waals surface area contributed by atoms with Crippen LogP contribution in [-0.2, 0) is 11.3 Å². The van der Waals surface area contributed by atoms with Gasteiger partial charge in [0.05, 0.1) is 31.6 Å². The minimum Gasteiger partial charge on any atom is -0.492 e. The normalized spacial score (nSPS) is 10.7. The van der Waals surface area contributed by atoms with Crippen molar-refractivity contribution >= 4 is 28.0 Å². The van der Waals surface area contributed by atoms with Gasteiger partial charge in [-0.1, -0.05) is 0 Å². The van der Waals surface area contributed by atoms with Gasteiger partial charge in [0.1, 0.15) is 5.58 Å². The van der Waals surface area contributed by atoms with Gasteiger partial charge in [-0.3, -0.25) is 0 Å². The topological polar surface area (TPSA) is 64.9 Å². The highest BCUT2D eigenvalue weighted by atomic mass is 16.5. The highest BCUT2D eigenvalue weighted by Crippen LogP contribution is 2.39. The minimum atomic E-state index is 0.202. The molecule has 0 N–H and O–H groups in total. The SMILES string of the molecule is COc1c2ccoc2c(CN=C=O)c2ccoc12. The van der Waals surface area contributed by atoms with Crippen LogP contribution in [0.1, 0.15) is 5.56 Å². The van der Waals surface area contributed by atoms with E-state index in [0.717, 1.165) is 16.3 Å². The Labute approximate surface area is 102 Å². The molecule has 0 aliphatic heterocycles. The predicted molar refractivity (Wildman–Crippen MR) is 64.4 cm³/mol. The van der Waals surface area contributed by atoms with E-state index in [9.17, 15) is 4.79 Å². The van der Waals surface area contributed by atoms with Gasteiger partial charge in [-0.2, -0.15) is 0 Å². The smallest absolute Gasteiger partial charge is 0.235 e. The standard InChI is InChI=1S/C13H9NO4/c1-16-12-9-3-5-17-11(9)10(6-14-7-15)8-2-4-18-13(8)12/h2-5H,6H2,1H3. The molecule has 0 amide bonds. The molecule has 1 aromatic carbocycles. The van der Waals surface area contributed by atoms with Crippen LogP contribution in [0.4, 0.5) is 0 Å². The van der Waals surface area contributed by atoms with Gasteiger partial charge in [0.15, 0.2) is 11.3 Å². The molecular formula is C13H9NO4. The van der Waals surface area contributed by atoms with Crippen LogP contribution >= 0.6 is 0 Å². The maximum Gasteiger partial charge on any atom is 0.235 e. The number of hydrogen-bond donors (Lipinski definition) is 0. The lowest BCUT2D eigenvalue weighted by Gasteiger charge is -2.06. The van der Waals surface area contributed by atoms with Crippen LogP contribution in [0.15, 0.2) is 38.5 Å². The molecule has 2 aromatic heterocycles. The molecule has 0 saturated heterocycles. The Hall–Kier alpha value is -2.52. The summed E-state index contributed by atoms with van der Waals surface area (Å²) in [5, 5.41) is 1.63. The molecule has 0 atom stereocenters. The Bertz CT molecular complexity index is 710. The molecule has 0 fully saturated rings. The molecule has 0 saturated carbocycles. The second-order valence-electron chi connectivity index (χ2n) is 3.75. The van der Waals surface area contributed by atoms with E-state index < -0.39 is 0 Å². The van der Waals surface area contributed by atoms with E-state index >= 15 is 0 Å². The largest absolute Gasteiger partial charge is 0.492 e. The van der Waals surface area contributed by atoms with Crippen molar-refractivity contribution in [1.82, 2.24) is 0 Å². The van der Waals surface area contributed by atoms with Crippen LogP contribution in [0.3, 0.4) is 0 Å². The van der Waals surface area contributed by atoms with Crippen LogP contribution < -0.4 is 4.74 Å². The first-order valence-corrected chi connectivity index (χ1v) is 5.33. The molecule has 5 heteroatoms. The van der Waals surface area contributed by atoms with Gasteiger partial charge >= 0.3 is 0 Å². The quantitative estimate of drug-likeness (QED) is 0.524. The number of carbonyl (C=O) groups excluding carboxylic acids is 1. The van der Waals surface area contributed by atoms with Crippen LogP contribution in [0, 0.1) is 0 Å². The van der Waals surface area contributed by atoms with Gasteiger partial charge < -0.3 is 13.6 Å². The van der Waals surface area contributed by atoms with Crippen molar-refractivity contribution in [3.05, 3.63) is 30.2 Å². The van der Waals surface area contributed by atoms with Crippen LogP contribution in [-0.4, -0.2) is 13.2 Å². The third kappa shape index (κ3) is 1.35. The average molecular weight is 243 g/mol. The first-order valence-electron chi connectivity index (χ1n) is 5.33. The molecular weight excluding hydrogens is 234 g/mol. The van der Waals surface area contributed by atoms with E-state index in [1.165, 1.54) is 6.08 Å². The van der Waals surface area contributed by atoms with Crippen molar-refractivity contribution in [2.24, 2.45) is 4.99 Å². The van der Waals surface area contributed by atoms with Crippen molar-refractivity contribution < 1.29 is 18.4 Å². The third-order valence-electron chi connectivity index (χ3n) is 2.89. The number of isocyanates is 1. The maximum absolute atomic E-state index is 10.3. The van der Waals surface area contributed by atoms with Crippen molar-refractivity contribution in [3.8, 4) is 5.75 Å². The Balaban J connectivity index is 2.45. The first kappa shape index (κ1) is 10.6. The summed E-state index contributed by atoms with van der Waals surface area (Å²) in [6.07, 6.45) is 4.67. The predicted octanol–water partition coefficient (Wildman–Crippen LogP) is 3.02. The van der Waals surface area contributed by atoms with E-state index in [1.807, 2.05) is 0 Å². The van der Waals surface area contributed by atoms with E-state index in [2.05, 4.69) is 4.99 Å². The summed E-state index contributed by atoms with van der Waals surface area (Å²) in [6.45, 7) is 0.202. The van der Waals surface area contributed by atoms with Crippen LogP contribution in [0.25, 0.3) is 21.9 Å². The lowest BCUT2D eigenvalue weighted by molar-refractivity contribution is 0.415. The molecule has 0 aliphatic carbocycles. The van der Waals surface area contributed by atoms with E-state index in [-0.39, 0.29) is 6.54 Å². The first-order chi connectivity index (χ1) is 8.86. The van der Waals surface area contributed by atoms with Crippen molar-refractivity contribution in [1.29, 1.82) is 0 Å². The average Bonchev–Trinajstić information content (AvgIpc) is 3.02. The van der Waals surface area contributed by atoms with Crippen LogP contribution in [0.2, 0.25) is 0 Å². The van der Waals surface area contributed by atoms with Crippen LogP contribution in [0.5, 0.6) is 5.75 Å². The number of furan rings is 2. The number of rotatable bonds is 3. The fourth-order valence-corrected chi connectivity index (χ4v) is 2.16. The molecule has 0 radical (unpaired) electrons. The number of hydrogen-bond acceptors (Lipinski definition) is 5. The second kappa shape index (κ2) is 4.05. The highest BCUT2D eigenvalue weighted by Gasteiger charge is 2.18. The molecule has 0 spiro atoms. The molecule has 2 heterocycles. The van der Waals surface area contributed by atoms with Crippen molar-refractivity contribution in [2.45, 2.75) is 6.54 Å². The summed E-state index contributed by atoms with van der Waals surface area (Å²) in [5.41, 5.74) is 2.07. The number of fused-ring (bicyclic) bond motifs is 2.